The zero-order valence-corrected chi connectivity index (χ0v) is 11.5. The minimum atomic E-state index is -0.331. The molecule has 0 amide bonds. The van der Waals surface area contributed by atoms with Gasteiger partial charge in [-0.05, 0) is 42.2 Å². The number of benzene rings is 1. The molecule has 0 aromatic heterocycles. The molecular weight excluding hydrogens is 216 g/mol. The summed E-state index contributed by atoms with van der Waals surface area (Å²) in [5.41, 5.74) is 3.58. The zero-order valence-electron chi connectivity index (χ0n) is 10.7. The first kappa shape index (κ1) is 13.6. The number of thioether (sulfide) groups is 1. The lowest BCUT2D eigenvalue weighted by atomic mass is 10.0. The molecule has 90 valence electrons. The van der Waals surface area contributed by atoms with Crippen LogP contribution in [-0.2, 0) is 0 Å². The van der Waals surface area contributed by atoms with Gasteiger partial charge in [-0.1, -0.05) is 32.0 Å². The average molecular weight is 238 g/mol. The molecule has 0 heterocycles. The van der Waals surface area contributed by atoms with Crippen LogP contribution in [0.5, 0.6) is 0 Å². The Bertz CT molecular complexity index is 334. The van der Waals surface area contributed by atoms with Crippen LogP contribution in [0.4, 0.5) is 0 Å². The standard InChI is InChI=1S/C14H22OS/c1-10(2)8-16-9-14(15)13-6-5-11(3)12(4)7-13/h5-7,10,14-15H,8-9H2,1-4H3. The molecule has 1 N–H and O–H groups in total. The Kier molecular flexibility index (Phi) is 5.36. The number of aliphatic hydroxyl groups is 1. The van der Waals surface area contributed by atoms with Gasteiger partial charge in [-0.15, -0.1) is 0 Å². The molecule has 0 bridgehead atoms. The van der Waals surface area contributed by atoms with Crippen molar-refractivity contribution in [1.82, 2.24) is 0 Å². The van der Waals surface area contributed by atoms with Crippen LogP contribution in [0.3, 0.4) is 0 Å². The Labute approximate surface area is 103 Å². The third kappa shape index (κ3) is 4.18. The van der Waals surface area contributed by atoms with Crippen LogP contribution < -0.4 is 0 Å². The smallest absolute Gasteiger partial charge is 0.0880 e. The second-order valence-electron chi connectivity index (χ2n) is 4.79. The highest BCUT2D eigenvalue weighted by atomic mass is 32.2. The highest BCUT2D eigenvalue weighted by molar-refractivity contribution is 7.99. The first-order valence-corrected chi connectivity index (χ1v) is 6.99. The number of hydrogen-bond acceptors (Lipinski definition) is 2. The fraction of sp³-hybridized carbons (Fsp3) is 0.571. The summed E-state index contributed by atoms with van der Waals surface area (Å²) >= 11 is 1.82. The molecule has 1 atom stereocenters. The number of aliphatic hydroxyl groups excluding tert-OH is 1. The van der Waals surface area contributed by atoms with Crippen molar-refractivity contribution in [3.63, 3.8) is 0 Å². The normalized spacial score (nSPS) is 13.1. The molecule has 0 fully saturated rings. The topological polar surface area (TPSA) is 20.2 Å². The molecule has 0 saturated heterocycles. The Hall–Kier alpha value is -0.470. The average Bonchev–Trinajstić information content (AvgIpc) is 2.21. The molecule has 1 unspecified atom stereocenters. The maximum atomic E-state index is 10.0. The summed E-state index contributed by atoms with van der Waals surface area (Å²) in [6.07, 6.45) is -0.331. The monoisotopic (exact) mass is 238 g/mol. The minimum absolute atomic E-state index is 0.331. The summed E-state index contributed by atoms with van der Waals surface area (Å²) in [7, 11) is 0. The van der Waals surface area contributed by atoms with Gasteiger partial charge in [0.25, 0.3) is 0 Å². The second kappa shape index (κ2) is 6.31. The summed E-state index contributed by atoms with van der Waals surface area (Å²) < 4.78 is 0. The van der Waals surface area contributed by atoms with E-state index in [4.69, 9.17) is 0 Å². The minimum Gasteiger partial charge on any atom is -0.388 e. The largest absolute Gasteiger partial charge is 0.388 e. The third-order valence-corrected chi connectivity index (χ3v) is 4.10. The lowest BCUT2D eigenvalue weighted by molar-refractivity contribution is 0.204. The summed E-state index contributed by atoms with van der Waals surface area (Å²) in [5.74, 6) is 2.60. The fourth-order valence-electron chi connectivity index (χ4n) is 1.48. The molecule has 0 aliphatic carbocycles. The molecule has 0 saturated carbocycles. The van der Waals surface area contributed by atoms with E-state index in [0.29, 0.717) is 5.92 Å². The quantitative estimate of drug-likeness (QED) is 0.843. The van der Waals surface area contributed by atoms with Crippen molar-refractivity contribution in [3.05, 3.63) is 34.9 Å². The van der Waals surface area contributed by atoms with E-state index in [1.807, 2.05) is 17.8 Å². The molecule has 1 nitrogen and oxygen atoms in total. The van der Waals surface area contributed by atoms with Gasteiger partial charge in [0.15, 0.2) is 0 Å². The van der Waals surface area contributed by atoms with Crippen molar-refractivity contribution in [2.24, 2.45) is 5.92 Å². The van der Waals surface area contributed by atoms with Gasteiger partial charge < -0.3 is 5.11 Å². The van der Waals surface area contributed by atoms with Crippen LogP contribution in [0.2, 0.25) is 0 Å². The van der Waals surface area contributed by atoms with E-state index in [1.54, 1.807) is 0 Å². The summed E-state index contributed by atoms with van der Waals surface area (Å²) in [6.45, 7) is 8.59. The van der Waals surface area contributed by atoms with Crippen molar-refractivity contribution in [1.29, 1.82) is 0 Å². The molecule has 16 heavy (non-hydrogen) atoms. The van der Waals surface area contributed by atoms with Gasteiger partial charge in [-0.25, -0.2) is 0 Å². The summed E-state index contributed by atoms with van der Waals surface area (Å²) in [4.78, 5) is 0. The molecule has 0 aliphatic heterocycles. The predicted octanol–water partition coefficient (Wildman–Crippen LogP) is 3.73. The van der Waals surface area contributed by atoms with E-state index in [1.165, 1.54) is 11.1 Å². The predicted molar refractivity (Wildman–Crippen MR) is 73.0 cm³/mol. The molecule has 1 aromatic rings. The van der Waals surface area contributed by atoms with Gasteiger partial charge in [-0.3, -0.25) is 0 Å². The Balaban J connectivity index is 2.52. The van der Waals surface area contributed by atoms with Gasteiger partial charge in [0.2, 0.25) is 0 Å². The molecular formula is C14H22OS. The van der Waals surface area contributed by atoms with Gasteiger partial charge in [0, 0.05) is 5.75 Å². The molecule has 0 spiro atoms. The molecule has 0 aliphatic rings. The highest BCUT2D eigenvalue weighted by Crippen LogP contribution is 2.21. The first-order chi connectivity index (χ1) is 7.50. The van der Waals surface area contributed by atoms with Crippen molar-refractivity contribution in [2.45, 2.75) is 33.8 Å². The molecule has 1 rings (SSSR count). The van der Waals surface area contributed by atoms with E-state index >= 15 is 0 Å². The van der Waals surface area contributed by atoms with Crippen LogP contribution >= 0.6 is 11.8 Å². The van der Waals surface area contributed by atoms with Crippen LogP contribution in [-0.4, -0.2) is 16.6 Å². The van der Waals surface area contributed by atoms with E-state index in [0.717, 1.165) is 17.1 Å². The SMILES string of the molecule is Cc1ccc(C(O)CSCC(C)C)cc1C. The van der Waals surface area contributed by atoms with E-state index in [-0.39, 0.29) is 6.10 Å². The Morgan fingerprint density at radius 1 is 1.12 bits per heavy atom. The van der Waals surface area contributed by atoms with E-state index in [2.05, 4.69) is 39.8 Å². The van der Waals surface area contributed by atoms with Crippen LogP contribution in [0.1, 0.15) is 36.6 Å². The summed E-state index contributed by atoms with van der Waals surface area (Å²) in [5, 5.41) is 10.0. The maximum Gasteiger partial charge on any atom is 0.0880 e. The van der Waals surface area contributed by atoms with Gasteiger partial charge in [-0.2, -0.15) is 11.8 Å². The van der Waals surface area contributed by atoms with Crippen molar-refractivity contribution in [2.75, 3.05) is 11.5 Å². The molecule has 0 radical (unpaired) electrons. The third-order valence-electron chi connectivity index (χ3n) is 2.64. The van der Waals surface area contributed by atoms with Crippen LogP contribution in [0.25, 0.3) is 0 Å². The number of hydrogen-bond donors (Lipinski definition) is 1. The lowest BCUT2D eigenvalue weighted by Gasteiger charge is -2.13. The molecule has 1 aromatic carbocycles. The molecule has 2 heteroatoms. The maximum absolute atomic E-state index is 10.0. The lowest BCUT2D eigenvalue weighted by Crippen LogP contribution is -2.03. The Morgan fingerprint density at radius 3 is 2.38 bits per heavy atom. The first-order valence-electron chi connectivity index (χ1n) is 5.83. The highest BCUT2D eigenvalue weighted by Gasteiger charge is 2.08. The van der Waals surface area contributed by atoms with Crippen molar-refractivity contribution in [3.8, 4) is 0 Å². The Morgan fingerprint density at radius 2 is 1.81 bits per heavy atom. The van der Waals surface area contributed by atoms with Gasteiger partial charge in [0.1, 0.15) is 0 Å². The van der Waals surface area contributed by atoms with Crippen molar-refractivity contribution >= 4 is 11.8 Å². The van der Waals surface area contributed by atoms with Gasteiger partial charge in [0.05, 0.1) is 6.10 Å². The fourth-order valence-corrected chi connectivity index (χ4v) is 2.51. The number of aryl methyl sites for hydroxylation is 2. The van der Waals surface area contributed by atoms with E-state index < -0.39 is 0 Å². The van der Waals surface area contributed by atoms with Gasteiger partial charge >= 0.3 is 0 Å². The second-order valence-corrected chi connectivity index (χ2v) is 5.87. The summed E-state index contributed by atoms with van der Waals surface area (Å²) in [6, 6.07) is 6.21. The van der Waals surface area contributed by atoms with Crippen LogP contribution in [0.15, 0.2) is 18.2 Å². The van der Waals surface area contributed by atoms with E-state index in [9.17, 15) is 5.11 Å². The van der Waals surface area contributed by atoms with Crippen LogP contribution in [0, 0.1) is 19.8 Å². The number of rotatable bonds is 5. The van der Waals surface area contributed by atoms with Crippen molar-refractivity contribution < 1.29 is 5.11 Å². The zero-order chi connectivity index (χ0) is 12.1.